The highest BCUT2D eigenvalue weighted by Crippen LogP contribution is 2.30. The second-order valence-electron chi connectivity index (χ2n) is 8.75. The van der Waals surface area contributed by atoms with Crippen molar-refractivity contribution in [3.05, 3.63) is 60.7 Å². The van der Waals surface area contributed by atoms with E-state index in [9.17, 15) is 9.59 Å². The summed E-state index contributed by atoms with van der Waals surface area (Å²) in [7, 11) is 1.63. The summed E-state index contributed by atoms with van der Waals surface area (Å²) in [6, 6.07) is 10.0. The number of unbranched alkanes of at least 4 members (excludes halogenated alkanes) is 3. The van der Waals surface area contributed by atoms with Crippen molar-refractivity contribution < 1.29 is 23.5 Å². The summed E-state index contributed by atoms with van der Waals surface area (Å²) in [4.78, 5) is 46.9. The van der Waals surface area contributed by atoms with Crippen molar-refractivity contribution in [2.45, 2.75) is 51.4 Å². The van der Waals surface area contributed by atoms with E-state index in [0.717, 1.165) is 79.5 Å². The number of nitrogens with two attached hydrogens (primary N) is 1. The molecule has 1 aliphatic rings. The Kier molecular flexibility index (Phi) is 17.7. The number of benzene rings is 1. The van der Waals surface area contributed by atoms with Crippen LogP contribution in [0.2, 0.25) is 0 Å². The molecule has 3 aromatic heterocycles. The van der Waals surface area contributed by atoms with E-state index in [1.807, 2.05) is 30.5 Å². The molecule has 2 amide bonds. The van der Waals surface area contributed by atoms with Crippen LogP contribution in [0, 0.1) is 25.7 Å². The number of carbonyl (C=O) groups excluding carboxylic acids is 3. The summed E-state index contributed by atoms with van der Waals surface area (Å²) in [5.74, 6) is 1.90. The highest BCUT2D eigenvalue weighted by atomic mass is 16.5. The van der Waals surface area contributed by atoms with Crippen LogP contribution in [0.5, 0.6) is 5.88 Å². The molecule has 1 saturated heterocycles. The van der Waals surface area contributed by atoms with Gasteiger partial charge in [0.05, 0.1) is 36.3 Å². The molecule has 0 atom stereocenters. The molecule has 0 unspecified atom stereocenters. The quantitative estimate of drug-likeness (QED) is 0.106. The Morgan fingerprint density at radius 1 is 1.12 bits per heavy atom. The van der Waals surface area contributed by atoms with Crippen LogP contribution in [0.4, 0.5) is 0 Å². The molecule has 0 radical (unpaired) electrons. The fourth-order valence-electron chi connectivity index (χ4n) is 4.04. The van der Waals surface area contributed by atoms with Gasteiger partial charge in [-0.3, -0.25) is 14.4 Å². The zero-order valence-electron chi connectivity index (χ0n) is 24.3. The monoisotopic (exact) mass is 586 g/mol. The van der Waals surface area contributed by atoms with Crippen LogP contribution in [-0.2, 0) is 16.0 Å². The number of fused-ring (bicyclic) bond motifs is 1. The summed E-state index contributed by atoms with van der Waals surface area (Å²) >= 11 is 0. The predicted octanol–water partition coefficient (Wildman–Crippen LogP) is 4.49. The molecule has 4 heterocycles. The first-order valence-corrected chi connectivity index (χ1v) is 13.5. The fraction of sp³-hybridized carbons (Fsp3) is 0.312. The summed E-state index contributed by atoms with van der Waals surface area (Å²) in [5.41, 5.74) is 6.87. The van der Waals surface area contributed by atoms with E-state index in [0.29, 0.717) is 12.3 Å². The number of methoxy groups -OCH3 is 1. The number of rotatable bonds is 10. The molecule has 1 fully saturated rings. The molecule has 0 aliphatic carbocycles. The second-order valence-corrected chi connectivity index (χ2v) is 8.75. The first-order chi connectivity index (χ1) is 21.0. The van der Waals surface area contributed by atoms with Gasteiger partial charge in [0.2, 0.25) is 24.0 Å². The van der Waals surface area contributed by atoms with E-state index in [-0.39, 0.29) is 24.0 Å². The van der Waals surface area contributed by atoms with Gasteiger partial charge in [0.15, 0.2) is 0 Å². The van der Waals surface area contributed by atoms with Crippen molar-refractivity contribution in [2.24, 2.45) is 5.73 Å². The number of amides is 2. The van der Waals surface area contributed by atoms with E-state index >= 15 is 0 Å². The maximum Gasteiger partial charge on any atom is 0.263 e. The third-order valence-electron chi connectivity index (χ3n) is 5.94. The van der Waals surface area contributed by atoms with E-state index in [2.05, 4.69) is 62.7 Å². The maximum atomic E-state index is 11.8. The number of pyridine rings is 1. The van der Waals surface area contributed by atoms with Crippen molar-refractivity contribution in [3.63, 3.8) is 0 Å². The van der Waals surface area contributed by atoms with Gasteiger partial charge in [-0.15, -0.1) is 25.7 Å². The third kappa shape index (κ3) is 12.3. The summed E-state index contributed by atoms with van der Waals surface area (Å²) in [5, 5.41) is 3.74. The minimum absolute atomic E-state index is 0.0337. The first-order valence-electron chi connectivity index (χ1n) is 13.5. The lowest BCUT2D eigenvalue weighted by Gasteiger charge is -2.07. The molecular weight excluding hydrogens is 548 g/mol. The zero-order valence-corrected chi connectivity index (χ0v) is 24.3. The molecule has 226 valence electrons. The molecule has 11 nitrogen and oxygen atoms in total. The number of ketones is 1. The van der Waals surface area contributed by atoms with Crippen LogP contribution in [0.15, 0.2) is 53.4 Å². The average Bonchev–Trinajstić information content (AvgIpc) is 3.85. The Morgan fingerprint density at radius 3 is 2.44 bits per heavy atom. The molecule has 43 heavy (non-hydrogen) atoms. The number of aromatic nitrogens is 4. The van der Waals surface area contributed by atoms with E-state index in [4.69, 9.17) is 13.9 Å². The number of primary amides is 1. The van der Waals surface area contributed by atoms with Crippen LogP contribution >= 0.6 is 0 Å². The van der Waals surface area contributed by atoms with E-state index in [1.54, 1.807) is 7.11 Å². The molecule has 1 aromatic carbocycles. The summed E-state index contributed by atoms with van der Waals surface area (Å²) < 4.78 is 10.5. The Labute approximate surface area is 252 Å². The van der Waals surface area contributed by atoms with Crippen LogP contribution in [-0.4, -0.2) is 51.7 Å². The number of oxazole rings is 1. The molecule has 0 saturated carbocycles. The molecule has 11 heteroatoms. The third-order valence-corrected chi connectivity index (χ3v) is 5.94. The topological polar surface area (TPSA) is 166 Å². The van der Waals surface area contributed by atoms with Crippen molar-refractivity contribution in [3.8, 4) is 42.8 Å². The summed E-state index contributed by atoms with van der Waals surface area (Å²) in [6.07, 6.45) is 28.0. The number of hydrogen-bond acceptors (Lipinski definition) is 8. The van der Waals surface area contributed by atoms with Crippen LogP contribution in [0.1, 0.15) is 61.5 Å². The van der Waals surface area contributed by atoms with Crippen LogP contribution < -0.4 is 15.8 Å². The van der Waals surface area contributed by atoms with Crippen molar-refractivity contribution in [1.29, 1.82) is 0 Å². The number of hydrogen-bond donors (Lipinski definition) is 3. The Morgan fingerprint density at radius 2 is 1.84 bits per heavy atom. The largest absolute Gasteiger partial charge is 0.480 e. The number of para-hydroxylation sites is 1. The number of nitrogens with zero attached hydrogens (tertiary/aromatic N) is 3. The number of imidazole rings is 1. The smallest absolute Gasteiger partial charge is 0.263 e. The molecule has 5 rings (SSSR count). The normalized spacial score (nSPS) is 11.0. The molecule has 0 bridgehead atoms. The number of aromatic amines is 1. The number of ether oxygens (including phenoxy) is 1. The molecular formula is C32H38N6O5. The first kappa shape index (κ1) is 35.6. The minimum Gasteiger partial charge on any atom is -0.480 e. The lowest BCUT2D eigenvalue weighted by molar-refractivity contribution is -0.119. The van der Waals surface area contributed by atoms with Gasteiger partial charge in [0.25, 0.3) is 5.89 Å². The Bertz CT molecular complexity index is 1410. The average molecular weight is 587 g/mol. The molecule has 4 aromatic rings. The predicted molar refractivity (Wildman–Crippen MR) is 166 cm³/mol. The number of nitrogens with one attached hydrogen (secondary N) is 2. The van der Waals surface area contributed by atoms with Gasteiger partial charge in [-0.1, -0.05) is 31.0 Å². The maximum absolute atomic E-state index is 11.8. The number of terminal acetylenes is 2. The van der Waals surface area contributed by atoms with E-state index in [1.165, 1.54) is 12.5 Å². The Balaban J connectivity index is 0.000000602. The zero-order chi connectivity index (χ0) is 31.9. The highest BCUT2D eigenvalue weighted by Gasteiger charge is 2.13. The number of carbonyl (C=O) groups is 3. The number of aryl methyl sites for hydroxylation is 1. The SMILES string of the molecule is C#C.C#C.COc1nc2ccccc2cc1-c1cnc(CCCCCCC(=O)c2ncco2)[nH]1.NC=O.O=C1CCCN1. The van der Waals surface area contributed by atoms with Gasteiger partial charge < -0.3 is 25.2 Å². The molecule has 4 N–H and O–H groups in total. The van der Waals surface area contributed by atoms with Crippen molar-refractivity contribution in [2.75, 3.05) is 13.7 Å². The van der Waals surface area contributed by atoms with Crippen molar-refractivity contribution in [1.82, 2.24) is 25.3 Å². The van der Waals surface area contributed by atoms with Gasteiger partial charge in [0.1, 0.15) is 12.1 Å². The van der Waals surface area contributed by atoms with Gasteiger partial charge in [-0.2, -0.15) is 0 Å². The lowest BCUT2D eigenvalue weighted by Crippen LogP contribution is -2.12. The fourth-order valence-corrected chi connectivity index (χ4v) is 4.04. The van der Waals surface area contributed by atoms with Gasteiger partial charge in [-0.05, 0) is 31.4 Å². The van der Waals surface area contributed by atoms with Crippen molar-refractivity contribution >= 4 is 29.0 Å². The number of Topliss-reactive ketones (excluding diaryl/α,β-unsaturated/α-hetero) is 1. The molecule has 1 aliphatic heterocycles. The minimum atomic E-state index is -0.0337. The van der Waals surface area contributed by atoms with Crippen LogP contribution in [0.3, 0.4) is 0 Å². The van der Waals surface area contributed by atoms with Crippen LogP contribution in [0.25, 0.3) is 22.2 Å². The molecule has 0 spiro atoms. The Hall–Kier alpha value is -5.42. The van der Waals surface area contributed by atoms with Gasteiger partial charge >= 0.3 is 0 Å². The highest BCUT2D eigenvalue weighted by molar-refractivity contribution is 5.91. The van der Waals surface area contributed by atoms with E-state index < -0.39 is 0 Å². The summed E-state index contributed by atoms with van der Waals surface area (Å²) in [6.45, 7) is 0.888. The van der Waals surface area contributed by atoms with Gasteiger partial charge in [0, 0.05) is 31.2 Å². The standard InChI is InChI=1S/C23H24N4O3.C4H7NO.2C2H2.CH3NO/c1-29-22-17(14-16-8-6-7-9-18(16)27-22)19-15-25-21(26-19)11-5-3-2-4-10-20(28)23-24-12-13-30-23;6-4-2-1-3-5-4;2*1-2;2-1-3/h6-9,12-15H,2-5,10-11H2,1H3,(H,25,26);1-3H2,(H,5,6);2*1-2H;1H,(H2,2,3). The lowest BCUT2D eigenvalue weighted by atomic mass is 10.1. The number of H-pyrrole nitrogens is 1. The van der Waals surface area contributed by atoms with Gasteiger partial charge in [-0.25, -0.2) is 15.0 Å². The second kappa shape index (κ2) is 21.3.